The van der Waals surface area contributed by atoms with Gasteiger partial charge in [0.15, 0.2) is 0 Å². The Morgan fingerprint density at radius 3 is 1.01 bits per heavy atom. The van der Waals surface area contributed by atoms with E-state index in [0.717, 1.165) is 26.7 Å². The lowest BCUT2D eigenvalue weighted by molar-refractivity contribution is 0.00578. The first-order valence-corrected chi connectivity index (χ1v) is 32.1. The van der Waals surface area contributed by atoms with Gasteiger partial charge in [-0.3, -0.25) is 0 Å². The SMILES string of the molecule is Brc1cccc(-c2ccc3c4ccccc4n(-c4cccc(-c5ccccc5)c4)c3c2)c1.CC1(C)OB(B2OC(C)(C)C(C)(C)O2)OC1(C)C.CC1(C)OB(c2cccc(-c3ccc4c5ccccc5n(-c5cccc(-c6ccccc6)c5)c4c3)c2)OC1(C)C. The van der Waals surface area contributed by atoms with Crippen LogP contribution in [0.5, 0.6) is 0 Å². The lowest BCUT2D eigenvalue weighted by Crippen LogP contribution is -2.41. The van der Waals surface area contributed by atoms with Gasteiger partial charge in [-0.1, -0.05) is 198 Å². The molecule has 5 heterocycles. The molecule has 0 bridgehead atoms. The van der Waals surface area contributed by atoms with Gasteiger partial charge in [-0.15, -0.1) is 0 Å². The highest BCUT2D eigenvalue weighted by molar-refractivity contribution is 9.10. The van der Waals surface area contributed by atoms with Gasteiger partial charge in [0.25, 0.3) is 0 Å². The molecule has 12 aromatic rings. The number of rotatable bonds is 8. The van der Waals surface area contributed by atoms with Crippen molar-refractivity contribution >= 4 is 86.1 Å². The molecule has 15 rings (SSSR count). The van der Waals surface area contributed by atoms with Crippen LogP contribution in [0.4, 0.5) is 0 Å². The Morgan fingerprint density at radius 1 is 0.267 bits per heavy atom. The summed E-state index contributed by atoms with van der Waals surface area (Å²) in [7, 11) is -1.34. The van der Waals surface area contributed by atoms with Crippen molar-refractivity contribution in [2.24, 2.45) is 0 Å². The Balaban J connectivity index is 0.000000133. The van der Waals surface area contributed by atoms with Crippen LogP contribution < -0.4 is 5.46 Å². The fourth-order valence-electron chi connectivity index (χ4n) is 12.3. The minimum Gasteiger partial charge on any atom is -0.405 e. The smallest absolute Gasteiger partial charge is 0.405 e. The first kappa shape index (κ1) is 61.1. The molecule has 3 aliphatic heterocycles. The van der Waals surface area contributed by atoms with Crippen molar-refractivity contribution in [2.45, 2.75) is 117 Å². The molecule has 0 N–H and O–H groups in total. The van der Waals surface area contributed by atoms with Gasteiger partial charge in [-0.05, 0) is 194 Å². The molecule has 3 aliphatic rings. The van der Waals surface area contributed by atoms with Crippen LogP contribution in [0.3, 0.4) is 0 Å². The molecule has 10 aromatic carbocycles. The third-order valence-corrected chi connectivity index (χ3v) is 19.9. The molecule has 12 heteroatoms. The van der Waals surface area contributed by atoms with E-state index in [2.05, 4.69) is 295 Å². The molecule has 0 spiro atoms. The van der Waals surface area contributed by atoms with E-state index in [-0.39, 0.29) is 40.7 Å². The summed E-state index contributed by atoms with van der Waals surface area (Å²) in [5.74, 6) is 0. The number of benzene rings is 10. The molecule has 0 unspecified atom stereocenters. The third-order valence-electron chi connectivity index (χ3n) is 19.4. The van der Waals surface area contributed by atoms with E-state index >= 15 is 0 Å². The first-order valence-electron chi connectivity index (χ1n) is 31.3. The average Bonchev–Trinajstić information content (AvgIpc) is 1.61. The lowest BCUT2D eigenvalue weighted by Gasteiger charge is -2.32. The molecule has 2 aromatic heterocycles. The number of nitrogens with zero attached hydrogens (tertiary/aromatic N) is 2. The Labute approximate surface area is 539 Å². The van der Waals surface area contributed by atoms with E-state index in [1.165, 1.54) is 82.7 Å². The van der Waals surface area contributed by atoms with Crippen molar-refractivity contribution in [2.75, 3.05) is 0 Å². The average molecular weight is 1250 g/mol. The number of para-hydroxylation sites is 2. The van der Waals surface area contributed by atoms with Gasteiger partial charge in [-0.25, -0.2) is 0 Å². The van der Waals surface area contributed by atoms with Crippen LogP contribution in [0.25, 0.3) is 99.5 Å². The molecule has 0 amide bonds. The van der Waals surface area contributed by atoms with Crippen molar-refractivity contribution in [3.8, 4) is 55.9 Å². The second-order valence-electron chi connectivity index (χ2n) is 27.0. The molecule has 3 fully saturated rings. The maximum Gasteiger partial charge on any atom is 0.494 e. The van der Waals surface area contributed by atoms with Gasteiger partial charge in [0.2, 0.25) is 0 Å². The zero-order valence-corrected chi connectivity index (χ0v) is 55.1. The van der Waals surface area contributed by atoms with Gasteiger partial charge in [0, 0.05) is 37.4 Å². The molecule has 3 saturated heterocycles. The number of halogens is 1. The fraction of sp³-hybridized carbons (Fsp3) is 0.231. The number of hydrogen-bond donors (Lipinski definition) is 0. The molecule has 0 aliphatic carbocycles. The van der Waals surface area contributed by atoms with Crippen LogP contribution in [-0.4, -0.2) is 63.9 Å². The Bertz CT molecular complexity index is 4550. The van der Waals surface area contributed by atoms with Crippen LogP contribution in [0.1, 0.15) is 83.1 Å². The Morgan fingerprint density at radius 2 is 0.589 bits per heavy atom. The van der Waals surface area contributed by atoms with E-state index in [9.17, 15) is 0 Å². The molecule has 0 saturated carbocycles. The van der Waals surface area contributed by atoms with E-state index in [1.807, 2.05) is 55.4 Å². The van der Waals surface area contributed by atoms with Crippen molar-refractivity contribution < 1.29 is 27.9 Å². The molecule has 8 nitrogen and oxygen atoms in total. The second kappa shape index (κ2) is 23.5. The van der Waals surface area contributed by atoms with Crippen molar-refractivity contribution in [1.82, 2.24) is 9.13 Å². The Kier molecular flexibility index (Phi) is 15.9. The maximum atomic E-state index is 6.35. The van der Waals surface area contributed by atoms with Gasteiger partial charge >= 0.3 is 21.1 Å². The minimum absolute atomic E-state index is 0.360. The monoisotopic (exact) mass is 1250 g/mol. The van der Waals surface area contributed by atoms with E-state index in [0.29, 0.717) is 0 Å². The molecule has 450 valence electrons. The fourth-order valence-corrected chi connectivity index (χ4v) is 12.7. The summed E-state index contributed by atoms with van der Waals surface area (Å²) in [4.78, 5) is 0. The van der Waals surface area contributed by atoms with Gasteiger partial charge < -0.3 is 37.1 Å². The summed E-state index contributed by atoms with van der Waals surface area (Å²) in [6.07, 6.45) is 0. The summed E-state index contributed by atoms with van der Waals surface area (Å²) in [6, 6.07) is 86.7. The highest BCUT2D eigenvalue weighted by Gasteiger charge is 2.64. The molecule has 90 heavy (non-hydrogen) atoms. The van der Waals surface area contributed by atoms with Gasteiger partial charge in [0.05, 0.1) is 55.7 Å². The zero-order chi connectivity index (χ0) is 63.0. The van der Waals surface area contributed by atoms with Crippen LogP contribution >= 0.6 is 15.9 Å². The minimum atomic E-state index is -0.476. The maximum absolute atomic E-state index is 6.35. The highest BCUT2D eigenvalue weighted by Crippen LogP contribution is 2.44. The van der Waals surface area contributed by atoms with Crippen molar-refractivity contribution in [3.63, 3.8) is 0 Å². The topological polar surface area (TPSA) is 65.2 Å². The summed E-state index contributed by atoms with van der Waals surface area (Å²) >= 11 is 3.61. The van der Waals surface area contributed by atoms with E-state index in [4.69, 9.17) is 27.9 Å². The first-order chi connectivity index (χ1) is 43.0. The number of aromatic nitrogens is 2. The zero-order valence-electron chi connectivity index (χ0n) is 53.5. The largest absolute Gasteiger partial charge is 0.494 e. The summed E-state index contributed by atoms with van der Waals surface area (Å²) in [5.41, 5.74) is 15.6. The molecule has 0 atom stereocenters. The van der Waals surface area contributed by atoms with Crippen LogP contribution in [0.2, 0.25) is 0 Å². The van der Waals surface area contributed by atoms with Crippen molar-refractivity contribution in [3.05, 3.63) is 247 Å². The normalized spacial score (nSPS) is 17.6. The van der Waals surface area contributed by atoms with Gasteiger partial charge in [0.1, 0.15) is 0 Å². The highest BCUT2D eigenvalue weighted by atomic mass is 79.9. The van der Waals surface area contributed by atoms with Crippen LogP contribution in [0.15, 0.2) is 247 Å². The predicted molar refractivity (Wildman–Crippen MR) is 379 cm³/mol. The molecular formula is C78H76B3BrN2O6. The Hall–Kier alpha value is -7.77. The molecular weight excluding hydrogens is 1170 g/mol. The van der Waals surface area contributed by atoms with E-state index in [1.54, 1.807) is 0 Å². The van der Waals surface area contributed by atoms with Gasteiger partial charge in [-0.2, -0.15) is 0 Å². The second-order valence-corrected chi connectivity index (χ2v) is 27.9. The summed E-state index contributed by atoms with van der Waals surface area (Å²) in [5, 5.41) is 5.03. The quantitative estimate of drug-likeness (QED) is 0.141. The van der Waals surface area contributed by atoms with E-state index < -0.39 is 14.0 Å². The standard InChI is InChI=1S/C36H32BNO2.C30H20BrN.C12H24B2O4/c1-35(2)36(3,4)40-37(39-35)29-16-10-14-26(22-29)28-20-21-32-31-18-8-9-19-33(31)38(34(32)24-28)30-17-11-15-27(23-30)25-12-6-5-7-13-25;31-25-12-6-10-22(18-25)24-16-17-28-27-14-4-5-15-29(27)32(30(28)20-24)26-13-7-11-23(19-26)21-8-2-1-3-9-21;1-9(2)10(3,4)16-13(15-9)14-17-11(5,6)12(7,8)18-14/h5-24H,1-4H3;1-20H;1-8H3. The number of fused-ring (bicyclic) bond motifs is 6. The summed E-state index contributed by atoms with van der Waals surface area (Å²) in [6.45, 7) is 24.6. The molecule has 0 radical (unpaired) electrons. The number of hydrogen-bond acceptors (Lipinski definition) is 6. The van der Waals surface area contributed by atoms with Crippen LogP contribution in [0, 0.1) is 0 Å². The van der Waals surface area contributed by atoms with Crippen molar-refractivity contribution in [1.29, 1.82) is 0 Å². The lowest BCUT2D eigenvalue weighted by atomic mass is 9.49. The summed E-state index contributed by atoms with van der Waals surface area (Å²) < 4.78 is 42.4. The van der Waals surface area contributed by atoms with Crippen LogP contribution in [-0.2, 0) is 27.9 Å². The third kappa shape index (κ3) is 11.5. The predicted octanol–water partition coefficient (Wildman–Crippen LogP) is 19.5.